The third-order valence-electron chi connectivity index (χ3n) is 3.78. The molecule has 0 aromatic heterocycles. The fraction of sp³-hybridized carbons (Fsp3) is 1.00. The largest absolute Gasteiger partial charge is 0.381 e. The van der Waals surface area contributed by atoms with Crippen LogP contribution in [0.1, 0.15) is 19.3 Å². The lowest BCUT2D eigenvalue weighted by atomic mass is 9.96. The number of nitrogens with one attached hydrogen (secondary N) is 1. The first-order valence-electron chi connectivity index (χ1n) is 6.93. The van der Waals surface area contributed by atoms with Crippen LogP contribution in [0.3, 0.4) is 0 Å². The van der Waals surface area contributed by atoms with Crippen molar-refractivity contribution < 1.29 is 9.47 Å². The van der Waals surface area contributed by atoms with E-state index in [4.69, 9.17) is 9.47 Å². The van der Waals surface area contributed by atoms with Gasteiger partial charge < -0.3 is 19.7 Å². The van der Waals surface area contributed by atoms with Crippen molar-refractivity contribution in [2.24, 2.45) is 5.92 Å². The minimum Gasteiger partial charge on any atom is -0.381 e. The predicted molar refractivity (Wildman–Crippen MR) is 68.3 cm³/mol. The number of nitrogens with zero attached hydrogens (tertiary/aromatic N) is 1. The topological polar surface area (TPSA) is 33.7 Å². The Balaban J connectivity index is 1.57. The van der Waals surface area contributed by atoms with Crippen molar-refractivity contribution in [1.82, 2.24) is 10.2 Å². The van der Waals surface area contributed by atoms with Gasteiger partial charge in [0.1, 0.15) is 0 Å². The second-order valence-electron chi connectivity index (χ2n) is 5.30. The molecule has 0 spiro atoms. The van der Waals surface area contributed by atoms with Crippen LogP contribution < -0.4 is 5.32 Å². The summed E-state index contributed by atoms with van der Waals surface area (Å²) in [5, 5.41) is 3.38. The normalized spacial score (nSPS) is 27.5. The third kappa shape index (κ3) is 4.92. The van der Waals surface area contributed by atoms with E-state index in [0.717, 1.165) is 45.4 Å². The lowest BCUT2D eigenvalue weighted by molar-refractivity contribution is 0.00759. The molecule has 0 aromatic rings. The summed E-state index contributed by atoms with van der Waals surface area (Å²) in [6.45, 7) is 7.02. The van der Waals surface area contributed by atoms with E-state index in [0.29, 0.717) is 6.10 Å². The van der Waals surface area contributed by atoms with Gasteiger partial charge >= 0.3 is 0 Å². The molecule has 0 aliphatic carbocycles. The van der Waals surface area contributed by atoms with Gasteiger partial charge in [0, 0.05) is 32.8 Å². The first kappa shape index (κ1) is 13.3. The summed E-state index contributed by atoms with van der Waals surface area (Å²) in [6, 6.07) is 0. The van der Waals surface area contributed by atoms with Crippen molar-refractivity contribution in [2.75, 3.05) is 53.0 Å². The van der Waals surface area contributed by atoms with Crippen LogP contribution in [0.4, 0.5) is 0 Å². The summed E-state index contributed by atoms with van der Waals surface area (Å²) < 4.78 is 11.1. The summed E-state index contributed by atoms with van der Waals surface area (Å²) >= 11 is 0. The van der Waals surface area contributed by atoms with Gasteiger partial charge in [0.2, 0.25) is 0 Å². The highest BCUT2D eigenvalue weighted by Gasteiger charge is 2.17. The molecular weight excluding hydrogens is 216 g/mol. The molecule has 4 nitrogen and oxygen atoms in total. The number of rotatable bonds is 5. The van der Waals surface area contributed by atoms with Crippen molar-refractivity contribution in [3.05, 3.63) is 0 Å². The maximum Gasteiger partial charge on any atom is 0.0826 e. The molecule has 0 amide bonds. The Bertz CT molecular complexity index is 202. The van der Waals surface area contributed by atoms with E-state index in [9.17, 15) is 0 Å². The summed E-state index contributed by atoms with van der Waals surface area (Å²) in [7, 11) is 2.21. The number of morpholine rings is 1. The molecule has 2 aliphatic heterocycles. The van der Waals surface area contributed by atoms with Crippen LogP contribution in [-0.4, -0.2) is 64.1 Å². The first-order valence-corrected chi connectivity index (χ1v) is 6.93. The smallest absolute Gasteiger partial charge is 0.0826 e. The molecule has 2 aliphatic rings. The minimum absolute atomic E-state index is 0.378. The second kappa shape index (κ2) is 7.31. The number of ether oxygens (including phenoxy) is 2. The third-order valence-corrected chi connectivity index (χ3v) is 3.78. The lowest BCUT2D eigenvalue weighted by Crippen LogP contribution is -2.44. The average molecular weight is 242 g/mol. The molecule has 0 radical (unpaired) electrons. The van der Waals surface area contributed by atoms with Gasteiger partial charge in [-0.3, -0.25) is 0 Å². The van der Waals surface area contributed by atoms with E-state index in [1.165, 1.54) is 25.8 Å². The molecule has 4 heteroatoms. The van der Waals surface area contributed by atoms with E-state index in [1.54, 1.807) is 0 Å². The van der Waals surface area contributed by atoms with E-state index in [2.05, 4.69) is 17.3 Å². The van der Waals surface area contributed by atoms with Crippen LogP contribution in [0.25, 0.3) is 0 Å². The van der Waals surface area contributed by atoms with Gasteiger partial charge in [-0.15, -0.1) is 0 Å². The molecule has 0 saturated carbocycles. The van der Waals surface area contributed by atoms with Gasteiger partial charge in [-0.25, -0.2) is 0 Å². The fourth-order valence-corrected chi connectivity index (χ4v) is 2.61. The maximum absolute atomic E-state index is 5.72. The quantitative estimate of drug-likeness (QED) is 0.770. The Hall–Kier alpha value is -0.160. The number of hydrogen-bond donors (Lipinski definition) is 1. The zero-order chi connectivity index (χ0) is 11.9. The van der Waals surface area contributed by atoms with E-state index in [-0.39, 0.29) is 0 Å². The van der Waals surface area contributed by atoms with Crippen LogP contribution in [0, 0.1) is 5.92 Å². The van der Waals surface area contributed by atoms with Crippen molar-refractivity contribution in [2.45, 2.75) is 25.4 Å². The van der Waals surface area contributed by atoms with E-state index in [1.807, 2.05) is 0 Å². The first-order chi connectivity index (χ1) is 8.34. The molecule has 2 rings (SSSR count). The molecule has 100 valence electrons. The molecule has 2 heterocycles. The molecular formula is C13H26N2O2. The lowest BCUT2D eigenvalue weighted by Gasteiger charge is -2.29. The Morgan fingerprint density at radius 2 is 2.06 bits per heavy atom. The monoisotopic (exact) mass is 242 g/mol. The number of likely N-dealkylation sites (N-methyl/N-ethyl adjacent to an activating group) is 1. The predicted octanol–water partition coefficient (Wildman–Crippen LogP) is 0.723. The van der Waals surface area contributed by atoms with E-state index >= 15 is 0 Å². The van der Waals surface area contributed by atoms with Crippen molar-refractivity contribution in [1.29, 1.82) is 0 Å². The molecule has 0 aromatic carbocycles. The molecule has 1 N–H and O–H groups in total. The Morgan fingerprint density at radius 1 is 1.24 bits per heavy atom. The van der Waals surface area contributed by atoms with Gasteiger partial charge in [-0.1, -0.05) is 0 Å². The maximum atomic E-state index is 5.72. The van der Waals surface area contributed by atoms with Crippen molar-refractivity contribution >= 4 is 0 Å². The molecule has 1 unspecified atom stereocenters. The SMILES string of the molecule is CN(CCC1CCOCC1)CC1CNCCO1. The molecule has 0 bridgehead atoms. The highest BCUT2D eigenvalue weighted by molar-refractivity contribution is 4.72. The van der Waals surface area contributed by atoms with Gasteiger partial charge in [-0.2, -0.15) is 0 Å². The van der Waals surface area contributed by atoms with Crippen molar-refractivity contribution in [3.8, 4) is 0 Å². The van der Waals surface area contributed by atoms with Crippen LogP contribution in [0.2, 0.25) is 0 Å². The van der Waals surface area contributed by atoms with E-state index < -0.39 is 0 Å². The zero-order valence-corrected chi connectivity index (χ0v) is 11.0. The zero-order valence-electron chi connectivity index (χ0n) is 11.0. The van der Waals surface area contributed by atoms with Crippen LogP contribution in [0.15, 0.2) is 0 Å². The summed E-state index contributed by atoms with van der Waals surface area (Å²) in [5.74, 6) is 0.872. The summed E-state index contributed by atoms with van der Waals surface area (Å²) in [6.07, 6.45) is 4.17. The average Bonchev–Trinajstić information content (AvgIpc) is 2.39. The molecule has 17 heavy (non-hydrogen) atoms. The molecule has 2 saturated heterocycles. The molecule has 2 fully saturated rings. The summed E-state index contributed by atoms with van der Waals surface area (Å²) in [5.41, 5.74) is 0. The summed E-state index contributed by atoms with van der Waals surface area (Å²) in [4.78, 5) is 2.41. The Morgan fingerprint density at radius 3 is 2.76 bits per heavy atom. The number of hydrogen-bond acceptors (Lipinski definition) is 4. The van der Waals surface area contributed by atoms with Gasteiger partial charge in [0.25, 0.3) is 0 Å². The highest BCUT2D eigenvalue weighted by atomic mass is 16.5. The highest BCUT2D eigenvalue weighted by Crippen LogP contribution is 2.18. The van der Waals surface area contributed by atoms with Gasteiger partial charge in [0.15, 0.2) is 0 Å². The van der Waals surface area contributed by atoms with Gasteiger partial charge in [0.05, 0.1) is 12.7 Å². The van der Waals surface area contributed by atoms with Crippen LogP contribution in [0.5, 0.6) is 0 Å². The van der Waals surface area contributed by atoms with Crippen LogP contribution in [-0.2, 0) is 9.47 Å². The minimum atomic E-state index is 0.378. The molecule has 1 atom stereocenters. The Labute approximate surface area is 105 Å². The fourth-order valence-electron chi connectivity index (χ4n) is 2.61. The Kier molecular flexibility index (Phi) is 5.71. The second-order valence-corrected chi connectivity index (χ2v) is 5.30. The van der Waals surface area contributed by atoms with Crippen molar-refractivity contribution in [3.63, 3.8) is 0 Å². The van der Waals surface area contributed by atoms with Gasteiger partial charge in [-0.05, 0) is 38.8 Å². The van der Waals surface area contributed by atoms with Crippen LogP contribution >= 0.6 is 0 Å². The standard InChI is InChI=1S/C13H26N2O2/c1-15(11-13-10-14-5-9-17-13)6-2-12-3-7-16-8-4-12/h12-14H,2-11H2,1H3.